The molecule has 9 heavy (non-hydrogen) atoms. The predicted octanol–water partition coefficient (Wildman–Crippen LogP) is -0.779. The standard InChI is InChI=1S/C5H8N2O2/c1-4(2-3-6)7-5(8)9/h4,7H,2H2,1H3,(H,8,9)/p-1/t4-/m1/s1. The molecule has 1 N–H and O–H groups in total. The van der Waals surface area contributed by atoms with E-state index in [9.17, 15) is 9.90 Å². The maximum atomic E-state index is 9.75. The number of nitrogens with one attached hydrogen (secondary N) is 1. The molecule has 0 radical (unpaired) electrons. The van der Waals surface area contributed by atoms with Crippen LogP contribution < -0.4 is 10.4 Å². The highest BCUT2D eigenvalue weighted by Crippen LogP contribution is 1.84. The number of hydrogen-bond donors (Lipinski definition) is 1. The van der Waals surface area contributed by atoms with Gasteiger partial charge in [0.2, 0.25) is 0 Å². The molecule has 0 aliphatic carbocycles. The fourth-order valence-electron chi connectivity index (χ4n) is 0.389. The van der Waals surface area contributed by atoms with Crippen LogP contribution in [0.3, 0.4) is 0 Å². The predicted molar refractivity (Wildman–Crippen MR) is 28.2 cm³/mol. The molecule has 1 atom stereocenters. The lowest BCUT2D eigenvalue weighted by atomic mass is 10.3. The van der Waals surface area contributed by atoms with Crippen LogP contribution in [0, 0.1) is 11.3 Å². The molecule has 4 nitrogen and oxygen atoms in total. The lowest BCUT2D eigenvalue weighted by molar-refractivity contribution is -0.251. The van der Waals surface area contributed by atoms with Crippen molar-refractivity contribution in [2.24, 2.45) is 0 Å². The van der Waals surface area contributed by atoms with Gasteiger partial charge in [-0.25, -0.2) is 0 Å². The Morgan fingerprint density at radius 1 is 2.00 bits per heavy atom. The minimum Gasteiger partial charge on any atom is -0.530 e. The maximum absolute atomic E-state index is 9.75. The molecule has 0 aromatic heterocycles. The van der Waals surface area contributed by atoms with Crippen LogP contribution in [0.25, 0.3) is 0 Å². The van der Waals surface area contributed by atoms with Gasteiger partial charge in [0.05, 0.1) is 12.5 Å². The van der Waals surface area contributed by atoms with Gasteiger partial charge >= 0.3 is 0 Å². The largest absolute Gasteiger partial charge is 0.530 e. The quantitative estimate of drug-likeness (QED) is 0.528. The van der Waals surface area contributed by atoms with Crippen molar-refractivity contribution in [3.05, 3.63) is 0 Å². The van der Waals surface area contributed by atoms with Crippen LogP contribution in [0.15, 0.2) is 0 Å². The number of carbonyl (C=O) groups is 1. The molecule has 4 heteroatoms. The highest BCUT2D eigenvalue weighted by atomic mass is 16.4. The molecular weight excluding hydrogens is 120 g/mol. The maximum Gasteiger partial charge on any atom is 0.134 e. The van der Waals surface area contributed by atoms with Crippen LogP contribution in [0.1, 0.15) is 13.3 Å². The highest BCUT2D eigenvalue weighted by molar-refractivity contribution is 5.62. The zero-order valence-corrected chi connectivity index (χ0v) is 5.05. The van der Waals surface area contributed by atoms with Crippen LogP contribution in [0.4, 0.5) is 4.79 Å². The number of hydrogen-bond acceptors (Lipinski definition) is 3. The first-order valence-corrected chi connectivity index (χ1v) is 2.51. The fourth-order valence-corrected chi connectivity index (χ4v) is 0.389. The van der Waals surface area contributed by atoms with Crippen molar-refractivity contribution in [2.45, 2.75) is 19.4 Å². The molecule has 0 aliphatic rings. The molecule has 0 bridgehead atoms. The fraction of sp³-hybridized carbons (Fsp3) is 0.600. The van der Waals surface area contributed by atoms with Gasteiger partial charge in [0, 0.05) is 6.04 Å². The summed E-state index contributed by atoms with van der Waals surface area (Å²) < 4.78 is 0. The zero-order valence-electron chi connectivity index (χ0n) is 5.05. The Kier molecular flexibility index (Phi) is 3.21. The van der Waals surface area contributed by atoms with E-state index in [2.05, 4.69) is 0 Å². The van der Waals surface area contributed by atoms with Gasteiger partial charge < -0.3 is 15.2 Å². The number of carbonyl (C=O) groups excluding carboxylic acids is 1. The molecule has 0 aromatic rings. The van der Waals surface area contributed by atoms with Crippen LogP contribution in [0.2, 0.25) is 0 Å². The summed E-state index contributed by atoms with van der Waals surface area (Å²) in [7, 11) is 0. The molecule has 0 unspecified atom stereocenters. The van der Waals surface area contributed by atoms with E-state index >= 15 is 0 Å². The monoisotopic (exact) mass is 127 g/mol. The van der Waals surface area contributed by atoms with E-state index in [0.29, 0.717) is 0 Å². The minimum atomic E-state index is -1.34. The van der Waals surface area contributed by atoms with Crippen molar-refractivity contribution in [3.8, 4) is 6.07 Å². The van der Waals surface area contributed by atoms with E-state index in [1.807, 2.05) is 11.4 Å². The van der Waals surface area contributed by atoms with Crippen LogP contribution in [-0.4, -0.2) is 12.1 Å². The summed E-state index contributed by atoms with van der Waals surface area (Å²) in [5.74, 6) is 0. The van der Waals surface area contributed by atoms with Crippen molar-refractivity contribution in [1.29, 1.82) is 5.26 Å². The first-order chi connectivity index (χ1) is 4.16. The average molecular weight is 127 g/mol. The molecule has 0 heterocycles. The molecule has 0 saturated carbocycles. The van der Waals surface area contributed by atoms with E-state index < -0.39 is 6.09 Å². The highest BCUT2D eigenvalue weighted by Gasteiger charge is 1.96. The van der Waals surface area contributed by atoms with Gasteiger partial charge in [0.25, 0.3) is 0 Å². The van der Waals surface area contributed by atoms with Gasteiger partial charge in [-0.3, -0.25) is 0 Å². The molecule has 0 aromatic carbocycles. The smallest absolute Gasteiger partial charge is 0.134 e. The van der Waals surface area contributed by atoms with Gasteiger partial charge in [-0.15, -0.1) is 0 Å². The van der Waals surface area contributed by atoms with Crippen LogP contribution in [0.5, 0.6) is 0 Å². The Bertz CT molecular complexity index is 138. The van der Waals surface area contributed by atoms with Crippen molar-refractivity contribution in [1.82, 2.24) is 5.32 Å². The molecule has 1 amide bonds. The first kappa shape index (κ1) is 7.76. The Morgan fingerprint density at radius 2 is 2.56 bits per heavy atom. The SMILES string of the molecule is C[C@H](CC#N)NC(=O)[O-]. The molecule has 0 saturated heterocycles. The summed E-state index contributed by atoms with van der Waals surface area (Å²) in [6, 6.07) is 1.49. The second-order valence-electron chi connectivity index (χ2n) is 1.70. The second-order valence-corrected chi connectivity index (χ2v) is 1.70. The van der Waals surface area contributed by atoms with Gasteiger partial charge in [-0.2, -0.15) is 5.26 Å². The third kappa shape index (κ3) is 4.62. The van der Waals surface area contributed by atoms with E-state index in [1.54, 1.807) is 6.92 Å². The minimum absolute atomic E-state index is 0.175. The first-order valence-electron chi connectivity index (χ1n) is 2.51. The molecule has 0 rings (SSSR count). The third-order valence-corrected chi connectivity index (χ3v) is 0.762. The van der Waals surface area contributed by atoms with Gasteiger partial charge in [-0.05, 0) is 6.92 Å². The Labute approximate surface area is 53.1 Å². The van der Waals surface area contributed by atoms with E-state index in [-0.39, 0.29) is 12.5 Å². The van der Waals surface area contributed by atoms with E-state index in [4.69, 9.17) is 5.26 Å². The lowest BCUT2D eigenvalue weighted by Gasteiger charge is -2.10. The van der Waals surface area contributed by atoms with E-state index in [0.717, 1.165) is 0 Å². The summed E-state index contributed by atoms with van der Waals surface area (Å²) in [6.07, 6.45) is -1.16. The van der Waals surface area contributed by atoms with Crippen molar-refractivity contribution in [3.63, 3.8) is 0 Å². The molecule has 0 fully saturated rings. The Morgan fingerprint density at radius 3 is 2.89 bits per heavy atom. The molecular formula is C5H7N2O2-. The normalized spacial score (nSPS) is 11.6. The summed E-state index contributed by atoms with van der Waals surface area (Å²) in [6.45, 7) is 1.60. The molecule has 50 valence electrons. The van der Waals surface area contributed by atoms with Gasteiger partial charge in [0.1, 0.15) is 6.09 Å². The van der Waals surface area contributed by atoms with Crippen LogP contribution in [-0.2, 0) is 0 Å². The number of nitriles is 1. The topological polar surface area (TPSA) is 76.0 Å². The number of amides is 1. The van der Waals surface area contributed by atoms with Crippen molar-refractivity contribution >= 4 is 6.09 Å². The zero-order chi connectivity index (χ0) is 7.28. The lowest BCUT2D eigenvalue weighted by Crippen LogP contribution is -2.41. The average Bonchev–Trinajstić information content (AvgIpc) is 1.63. The summed E-state index contributed by atoms with van der Waals surface area (Å²) in [5.41, 5.74) is 0. The summed E-state index contributed by atoms with van der Waals surface area (Å²) >= 11 is 0. The summed E-state index contributed by atoms with van der Waals surface area (Å²) in [4.78, 5) is 9.75. The Balaban J connectivity index is 3.40. The van der Waals surface area contributed by atoms with Gasteiger partial charge in [-0.1, -0.05) is 0 Å². The number of rotatable bonds is 2. The summed E-state index contributed by atoms with van der Waals surface area (Å²) in [5, 5.41) is 19.8. The van der Waals surface area contributed by atoms with Crippen LogP contribution >= 0.6 is 0 Å². The number of carboxylic acid groups (broad SMARTS) is 1. The Hall–Kier alpha value is -1.24. The number of nitrogens with zero attached hydrogens (tertiary/aromatic N) is 1. The third-order valence-electron chi connectivity index (χ3n) is 0.762. The second kappa shape index (κ2) is 3.72. The van der Waals surface area contributed by atoms with E-state index in [1.165, 1.54) is 0 Å². The molecule has 0 aliphatic heterocycles. The van der Waals surface area contributed by atoms with Crippen molar-refractivity contribution in [2.75, 3.05) is 0 Å². The molecule has 0 spiro atoms. The van der Waals surface area contributed by atoms with Crippen molar-refractivity contribution < 1.29 is 9.90 Å². The van der Waals surface area contributed by atoms with Gasteiger partial charge in [0.15, 0.2) is 0 Å².